The van der Waals surface area contributed by atoms with E-state index in [0.717, 1.165) is 67.9 Å². The molecule has 0 bridgehead atoms. The number of hydrogen-bond donors (Lipinski definition) is 1. The highest BCUT2D eigenvalue weighted by atomic mass is 35.5. The first-order valence-corrected chi connectivity index (χ1v) is 11.7. The number of aliphatic hydroxyl groups is 1. The molecule has 1 saturated heterocycles. The lowest BCUT2D eigenvalue weighted by Gasteiger charge is -2.47. The third-order valence-corrected chi connectivity index (χ3v) is 7.70. The Labute approximate surface area is 186 Å². The van der Waals surface area contributed by atoms with Gasteiger partial charge in [0.2, 0.25) is 0 Å². The zero-order chi connectivity index (χ0) is 21.6. The van der Waals surface area contributed by atoms with Crippen molar-refractivity contribution in [1.82, 2.24) is 4.90 Å². The molecule has 1 aliphatic heterocycles. The van der Waals surface area contributed by atoms with E-state index in [4.69, 9.17) is 20.8 Å². The Morgan fingerprint density at radius 1 is 1.19 bits per heavy atom. The third-order valence-electron chi connectivity index (χ3n) is 7.41. The highest BCUT2D eigenvalue weighted by Gasteiger charge is 2.43. The summed E-state index contributed by atoms with van der Waals surface area (Å²) in [6, 6.07) is 3.41. The number of carbonyl (C=O) groups is 1. The van der Waals surface area contributed by atoms with Gasteiger partial charge in [0, 0.05) is 36.0 Å². The standard InChI is InChI=1S/C24H28ClNO5/c25-19-11-18-16-6-1-2-7-17(16)23(28)31-20(18)12-21(19)30-14-22(27)26-10-9-24(29)8-4-3-5-15(24)13-26/h11-12,15,29H,1-10,13-14H2. The predicted molar refractivity (Wildman–Crippen MR) is 118 cm³/mol. The van der Waals surface area contributed by atoms with Gasteiger partial charge in [0.1, 0.15) is 11.3 Å². The fourth-order valence-electron chi connectivity index (χ4n) is 5.58. The van der Waals surface area contributed by atoms with Crippen LogP contribution in [0.15, 0.2) is 21.3 Å². The molecule has 6 nitrogen and oxygen atoms in total. The first kappa shape index (κ1) is 20.8. The Bertz CT molecular complexity index is 1080. The Kier molecular flexibility index (Phi) is 5.47. The molecule has 5 rings (SSSR count). The van der Waals surface area contributed by atoms with E-state index < -0.39 is 5.60 Å². The smallest absolute Gasteiger partial charge is 0.339 e. The van der Waals surface area contributed by atoms with Crippen LogP contribution < -0.4 is 10.4 Å². The van der Waals surface area contributed by atoms with Gasteiger partial charge in [-0.15, -0.1) is 0 Å². The van der Waals surface area contributed by atoms with Crippen LogP contribution in [0.2, 0.25) is 5.02 Å². The zero-order valence-electron chi connectivity index (χ0n) is 17.6. The maximum Gasteiger partial charge on any atom is 0.339 e. The van der Waals surface area contributed by atoms with Crippen molar-refractivity contribution in [2.24, 2.45) is 5.92 Å². The normalized spacial score (nSPS) is 25.7. The van der Waals surface area contributed by atoms with Gasteiger partial charge in [0.15, 0.2) is 6.61 Å². The summed E-state index contributed by atoms with van der Waals surface area (Å²) in [5, 5.41) is 12.1. The summed E-state index contributed by atoms with van der Waals surface area (Å²) >= 11 is 6.46. The maximum absolute atomic E-state index is 12.8. The van der Waals surface area contributed by atoms with Crippen LogP contribution in [0, 0.1) is 5.92 Å². The summed E-state index contributed by atoms with van der Waals surface area (Å²) in [5.74, 6) is 0.368. The number of ether oxygens (including phenoxy) is 1. The number of rotatable bonds is 3. The van der Waals surface area contributed by atoms with Crippen molar-refractivity contribution in [3.8, 4) is 5.75 Å². The highest BCUT2D eigenvalue weighted by molar-refractivity contribution is 6.32. The van der Waals surface area contributed by atoms with Crippen LogP contribution in [-0.2, 0) is 17.6 Å². The summed E-state index contributed by atoms with van der Waals surface area (Å²) in [4.78, 5) is 26.9. The van der Waals surface area contributed by atoms with Gasteiger partial charge in [-0.05, 0) is 56.6 Å². The molecule has 2 heterocycles. The molecule has 31 heavy (non-hydrogen) atoms. The second-order valence-electron chi connectivity index (χ2n) is 9.26. The van der Waals surface area contributed by atoms with Gasteiger partial charge in [-0.1, -0.05) is 24.4 Å². The molecular weight excluding hydrogens is 418 g/mol. The molecule has 2 fully saturated rings. The number of fused-ring (bicyclic) bond motifs is 4. The first-order chi connectivity index (χ1) is 14.9. The van der Waals surface area contributed by atoms with Crippen molar-refractivity contribution in [1.29, 1.82) is 0 Å². The van der Waals surface area contributed by atoms with Gasteiger partial charge in [-0.2, -0.15) is 0 Å². The molecule has 1 amide bonds. The number of benzene rings is 1. The Hall–Kier alpha value is -2.05. The van der Waals surface area contributed by atoms with Crippen LogP contribution in [0.3, 0.4) is 0 Å². The number of aryl methyl sites for hydroxylation is 1. The van der Waals surface area contributed by atoms with Crippen LogP contribution in [0.5, 0.6) is 5.75 Å². The van der Waals surface area contributed by atoms with Gasteiger partial charge in [-0.25, -0.2) is 4.79 Å². The quantitative estimate of drug-likeness (QED) is 0.725. The average molecular weight is 446 g/mol. The largest absolute Gasteiger partial charge is 0.482 e. The van der Waals surface area contributed by atoms with E-state index in [1.807, 2.05) is 0 Å². The molecule has 1 aromatic carbocycles. The number of hydrogen-bond acceptors (Lipinski definition) is 5. The molecule has 2 atom stereocenters. The Balaban J connectivity index is 1.31. The van der Waals surface area contributed by atoms with Crippen LogP contribution >= 0.6 is 11.6 Å². The molecule has 2 unspecified atom stereocenters. The fraction of sp³-hybridized carbons (Fsp3) is 0.583. The van der Waals surface area contributed by atoms with Gasteiger partial charge in [-0.3, -0.25) is 4.79 Å². The number of carbonyl (C=O) groups excluding carboxylic acids is 1. The van der Waals surface area contributed by atoms with Crippen molar-refractivity contribution in [3.05, 3.63) is 38.7 Å². The third kappa shape index (κ3) is 3.85. The van der Waals surface area contributed by atoms with E-state index in [-0.39, 0.29) is 24.1 Å². The van der Waals surface area contributed by atoms with E-state index >= 15 is 0 Å². The molecule has 2 aliphatic carbocycles. The second kappa shape index (κ2) is 8.14. The minimum absolute atomic E-state index is 0.115. The minimum Gasteiger partial charge on any atom is -0.482 e. The average Bonchev–Trinajstić information content (AvgIpc) is 2.77. The predicted octanol–water partition coefficient (Wildman–Crippen LogP) is 3.86. The van der Waals surface area contributed by atoms with E-state index in [2.05, 4.69) is 0 Å². The molecule has 0 radical (unpaired) electrons. The summed E-state index contributed by atoms with van der Waals surface area (Å²) in [6.45, 7) is 0.984. The number of likely N-dealkylation sites (tertiary alicyclic amines) is 1. The number of amides is 1. The van der Waals surface area contributed by atoms with E-state index in [1.54, 1.807) is 17.0 Å². The Morgan fingerprint density at radius 2 is 2.00 bits per heavy atom. The van der Waals surface area contributed by atoms with E-state index in [9.17, 15) is 14.7 Å². The number of halogens is 1. The van der Waals surface area contributed by atoms with Crippen LogP contribution in [0.1, 0.15) is 56.1 Å². The van der Waals surface area contributed by atoms with Gasteiger partial charge < -0.3 is 19.2 Å². The van der Waals surface area contributed by atoms with Crippen molar-refractivity contribution in [2.75, 3.05) is 19.7 Å². The molecule has 1 saturated carbocycles. The minimum atomic E-state index is -0.617. The summed E-state index contributed by atoms with van der Waals surface area (Å²) in [6.07, 6.45) is 8.20. The fourth-order valence-corrected chi connectivity index (χ4v) is 5.80. The summed E-state index contributed by atoms with van der Waals surface area (Å²) in [7, 11) is 0. The van der Waals surface area contributed by atoms with Crippen molar-refractivity contribution >= 4 is 28.5 Å². The maximum atomic E-state index is 12.8. The lowest BCUT2D eigenvalue weighted by Crippen LogP contribution is -2.55. The molecule has 2 aromatic rings. The zero-order valence-corrected chi connectivity index (χ0v) is 18.4. The van der Waals surface area contributed by atoms with Crippen LogP contribution in [0.25, 0.3) is 11.0 Å². The molecule has 1 aromatic heterocycles. The summed E-state index contributed by atoms with van der Waals surface area (Å²) in [5.41, 5.74) is 1.32. The van der Waals surface area contributed by atoms with Gasteiger partial charge >= 0.3 is 5.63 Å². The van der Waals surface area contributed by atoms with Crippen molar-refractivity contribution in [2.45, 2.75) is 63.4 Å². The van der Waals surface area contributed by atoms with E-state index in [1.165, 1.54) is 0 Å². The lowest BCUT2D eigenvalue weighted by atomic mass is 9.71. The van der Waals surface area contributed by atoms with Crippen LogP contribution in [-0.4, -0.2) is 41.2 Å². The first-order valence-electron chi connectivity index (χ1n) is 11.4. The molecule has 1 N–H and O–H groups in total. The van der Waals surface area contributed by atoms with Gasteiger partial charge in [0.05, 0.1) is 10.6 Å². The Morgan fingerprint density at radius 3 is 2.84 bits per heavy atom. The molecule has 7 heteroatoms. The summed E-state index contributed by atoms with van der Waals surface area (Å²) < 4.78 is 11.3. The van der Waals surface area contributed by atoms with Crippen LogP contribution in [0.4, 0.5) is 0 Å². The molecule has 0 spiro atoms. The lowest BCUT2D eigenvalue weighted by molar-refractivity contribution is -0.145. The number of nitrogens with zero attached hydrogens (tertiary/aromatic N) is 1. The topological polar surface area (TPSA) is 80.0 Å². The molecule has 3 aliphatic rings. The van der Waals surface area contributed by atoms with Crippen molar-refractivity contribution < 1.29 is 19.1 Å². The monoisotopic (exact) mass is 445 g/mol. The molecule has 166 valence electrons. The van der Waals surface area contributed by atoms with E-state index in [0.29, 0.717) is 35.9 Å². The number of piperidine rings is 1. The second-order valence-corrected chi connectivity index (χ2v) is 9.66. The molecular formula is C24H28ClNO5. The van der Waals surface area contributed by atoms with Gasteiger partial charge in [0.25, 0.3) is 5.91 Å². The van der Waals surface area contributed by atoms with Crippen molar-refractivity contribution in [3.63, 3.8) is 0 Å². The highest BCUT2D eigenvalue weighted by Crippen LogP contribution is 2.40. The SMILES string of the molecule is O=C(COc1cc2oc(=O)c3c(c2cc1Cl)CCCC3)N1CCC2(O)CCCCC2C1.